The lowest BCUT2D eigenvalue weighted by atomic mass is 9.78. The van der Waals surface area contributed by atoms with Crippen molar-refractivity contribution >= 4 is 23.3 Å². The van der Waals surface area contributed by atoms with Crippen LogP contribution in [0.25, 0.3) is 5.82 Å². The Morgan fingerprint density at radius 2 is 1.93 bits per heavy atom. The van der Waals surface area contributed by atoms with Crippen LogP contribution in [0.2, 0.25) is 5.02 Å². The zero-order chi connectivity index (χ0) is 21.0. The number of nitrogens with zero attached hydrogens (tertiary/aromatic N) is 4. The predicted octanol–water partition coefficient (Wildman–Crippen LogP) is 3.66. The predicted molar refractivity (Wildman–Crippen MR) is 117 cm³/mol. The van der Waals surface area contributed by atoms with Gasteiger partial charge in [-0.15, -0.1) is 0 Å². The van der Waals surface area contributed by atoms with Gasteiger partial charge in [0, 0.05) is 36.6 Å². The number of aryl methyl sites for hydroxylation is 1. The van der Waals surface area contributed by atoms with Crippen molar-refractivity contribution in [2.45, 2.75) is 38.0 Å². The fourth-order valence-corrected chi connectivity index (χ4v) is 4.22. The van der Waals surface area contributed by atoms with Gasteiger partial charge >= 0.3 is 0 Å². The summed E-state index contributed by atoms with van der Waals surface area (Å²) in [5, 5.41) is 11.3. The molecule has 0 saturated heterocycles. The Balaban J connectivity index is 1.37. The van der Waals surface area contributed by atoms with E-state index in [1.165, 1.54) is 0 Å². The molecule has 0 aliphatic heterocycles. The zero-order valence-corrected chi connectivity index (χ0v) is 17.7. The van der Waals surface area contributed by atoms with Crippen LogP contribution in [0.5, 0.6) is 0 Å². The van der Waals surface area contributed by atoms with Gasteiger partial charge in [0.1, 0.15) is 11.6 Å². The van der Waals surface area contributed by atoms with E-state index in [0.717, 1.165) is 31.2 Å². The van der Waals surface area contributed by atoms with E-state index in [-0.39, 0.29) is 5.91 Å². The first-order valence-corrected chi connectivity index (χ1v) is 10.6. The molecule has 1 fully saturated rings. The molecule has 7 nitrogen and oxygen atoms in total. The van der Waals surface area contributed by atoms with Gasteiger partial charge in [-0.2, -0.15) is 5.10 Å². The van der Waals surface area contributed by atoms with Crippen molar-refractivity contribution in [1.29, 1.82) is 0 Å². The second kappa shape index (κ2) is 8.83. The van der Waals surface area contributed by atoms with Gasteiger partial charge in [-0.25, -0.2) is 14.6 Å². The van der Waals surface area contributed by atoms with E-state index in [9.17, 15) is 4.79 Å². The lowest BCUT2D eigenvalue weighted by molar-refractivity contribution is -0.126. The zero-order valence-electron chi connectivity index (χ0n) is 16.9. The Kier molecular flexibility index (Phi) is 5.99. The second-order valence-electron chi connectivity index (χ2n) is 7.59. The van der Waals surface area contributed by atoms with E-state index in [2.05, 4.69) is 25.7 Å². The molecule has 0 radical (unpaired) electrons. The molecule has 1 amide bonds. The molecule has 8 heteroatoms. The topological polar surface area (TPSA) is 84.7 Å². The number of carbonyl (C=O) groups is 1. The number of anilines is 1. The Labute approximate surface area is 180 Å². The molecule has 0 bridgehead atoms. The number of hydrogen-bond donors (Lipinski definition) is 2. The Bertz CT molecular complexity index is 997. The average Bonchev–Trinajstić information content (AvgIpc) is 3.44. The van der Waals surface area contributed by atoms with Crippen LogP contribution in [-0.2, 0) is 10.2 Å². The highest BCUT2D eigenvalue weighted by atomic mass is 35.5. The molecule has 2 N–H and O–H groups in total. The van der Waals surface area contributed by atoms with Gasteiger partial charge in [0.15, 0.2) is 5.82 Å². The minimum absolute atomic E-state index is 0.0835. The smallest absolute Gasteiger partial charge is 0.230 e. The number of benzene rings is 1. The molecule has 156 valence electrons. The summed E-state index contributed by atoms with van der Waals surface area (Å²) in [4.78, 5) is 21.9. The largest absolute Gasteiger partial charge is 0.368 e. The summed E-state index contributed by atoms with van der Waals surface area (Å²) in [6.45, 7) is 2.92. The van der Waals surface area contributed by atoms with E-state index >= 15 is 0 Å². The molecule has 30 heavy (non-hydrogen) atoms. The Hall–Kier alpha value is -2.93. The van der Waals surface area contributed by atoms with Crippen LogP contribution in [0.4, 0.5) is 5.82 Å². The van der Waals surface area contributed by atoms with Crippen LogP contribution in [0.3, 0.4) is 0 Å². The van der Waals surface area contributed by atoms with Gasteiger partial charge in [0.2, 0.25) is 5.91 Å². The van der Waals surface area contributed by atoms with Crippen molar-refractivity contribution in [3.63, 3.8) is 0 Å². The van der Waals surface area contributed by atoms with E-state index < -0.39 is 5.41 Å². The fraction of sp³-hybridized carbons (Fsp3) is 0.364. The van der Waals surface area contributed by atoms with Crippen LogP contribution >= 0.6 is 11.6 Å². The molecule has 3 aromatic rings. The molecule has 2 heterocycles. The highest BCUT2D eigenvalue weighted by Gasteiger charge is 2.42. The number of aromatic nitrogens is 4. The SMILES string of the molecule is Cc1nc(NCCNC(=O)C2(c3ccc(Cl)cc3)CCCC2)cc(-n2cccn2)n1. The minimum Gasteiger partial charge on any atom is -0.368 e. The highest BCUT2D eigenvalue weighted by Crippen LogP contribution is 2.41. The first-order chi connectivity index (χ1) is 14.6. The van der Waals surface area contributed by atoms with Gasteiger partial charge in [0.25, 0.3) is 0 Å². The van der Waals surface area contributed by atoms with E-state index in [0.29, 0.717) is 35.6 Å². The lowest BCUT2D eigenvalue weighted by Crippen LogP contribution is -2.44. The van der Waals surface area contributed by atoms with Gasteiger partial charge in [-0.3, -0.25) is 4.79 Å². The summed E-state index contributed by atoms with van der Waals surface area (Å²) < 4.78 is 1.69. The summed E-state index contributed by atoms with van der Waals surface area (Å²) in [5.41, 5.74) is 0.591. The number of carbonyl (C=O) groups excluding carboxylic acids is 1. The highest BCUT2D eigenvalue weighted by molar-refractivity contribution is 6.30. The van der Waals surface area contributed by atoms with Crippen LogP contribution < -0.4 is 10.6 Å². The summed E-state index contributed by atoms with van der Waals surface area (Å²) in [7, 11) is 0. The standard InChI is InChI=1S/C22H25ClN6O/c1-16-27-19(15-20(28-16)29-14-4-11-26-29)24-12-13-25-21(30)22(9-2-3-10-22)17-5-7-18(23)8-6-17/h4-8,11,14-15H,2-3,9-10,12-13H2,1H3,(H,25,30)(H,24,27,28). The number of halogens is 1. The van der Waals surface area contributed by atoms with E-state index in [1.807, 2.05) is 49.5 Å². The molecule has 0 unspecified atom stereocenters. The summed E-state index contributed by atoms with van der Waals surface area (Å²) in [6.07, 6.45) is 7.40. The summed E-state index contributed by atoms with van der Waals surface area (Å²) in [6, 6.07) is 11.4. The molecule has 1 aliphatic carbocycles. The maximum atomic E-state index is 13.1. The Morgan fingerprint density at radius 1 is 1.17 bits per heavy atom. The maximum absolute atomic E-state index is 13.1. The molecule has 0 atom stereocenters. The summed E-state index contributed by atoms with van der Waals surface area (Å²) in [5.74, 6) is 2.14. The number of nitrogens with one attached hydrogen (secondary N) is 2. The van der Waals surface area contributed by atoms with Gasteiger partial charge in [-0.05, 0) is 43.5 Å². The normalized spacial score (nSPS) is 15.1. The van der Waals surface area contributed by atoms with Crippen molar-refractivity contribution in [2.75, 3.05) is 18.4 Å². The molecular weight excluding hydrogens is 400 g/mol. The number of rotatable bonds is 7. The van der Waals surface area contributed by atoms with Crippen molar-refractivity contribution in [1.82, 2.24) is 25.1 Å². The van der Waals surface area contributed by atoms with Crippen LogP contribution in [-0.4, -0.2) is 38.7 Å². The van der Waals surface area contributed by atoms with Crippen molar-refractivity contribution in [2.24, 2.45) is 0 Å². The van der Waals surface area contributed by atoms with Crippen molar-refractivity contribution in [3.8, 4) is 5.82 Å². The molecule has 1 saturated carbocycles. The third-order valence-corrected chi connectivity index (χ3v) is 5.82. The molecule has 2 aromatic heterocycles. The minimum atomic E-state index is -0.455. The molecular formula is C22H25ClN6O. The number of hydrogen-bond acceptors (Lipinski definition) is 5. The number of amides is 1. The quantitative estimate of drug-likeness (QED) is 0.565. The first kappa shape index (κ1) is 20.3. The maximum Gasteiger partial charge on any atom is 0.230 e. The van der Waals surface area contributed by atoms with Crippen molar-refractivity contribution in [3.05, 3.63) is 65.2 Å². The second-order valence-corrected chi connectivity index (χ2v) is 8.02. The van der Waals surface area contributed by atoms with E-state index in [1.54, 1.807) is 10.9 Å². The van der Waals surface area contributed by atoms with Crippen LogP contribution in [0.15, 0.2) is 48.8 Å². The fourth-order valence-electron chi connectivity index (χ4n) is 4.09. The lowest BCUT2D eigenvalue weighted by Gasteiger charge is -2.28. The van der Waals surface area contributed by atoms with Crippen molar-refractivity contribution < 1.29 is 4.79 Å². The molecule has 1 aliphatic rings. The third kappa shape index (κ3) is 4.31. The van der Waals surface area contributed by atoms with Gasteiger partial charge in [-0.1, -0.05) is 36.6 Å². The average molecular weight is 425 g/mol. The summed E-state index contributed by atoms with van der Waals surface area (Å²) >= 11 is 6.03. The molecule has 1 aromatic carbocycles. The first-order valence-electron chi connectivity index (χ1n) is 10.2. The van der Waals surface area contributed by atoms with Gasteiger partial charge in [0.05, 0.1) is 5.41 Å². The van der Waals surface area contributed by atoms with E-state index in [4.69, 9.17) is 11.6 Å². The van der Waals surface area contributed by atoms with Gasteiger partial charge < -0.3 is 10.6 Å². The molecule has 4 rings (SSSR count). The molecule has 0 spiro atoms. The Morgan fingerprint density at radius 3 is 2.63 bits per heavy atom. The van der Waals surface area contributed by atoms with Crippen LogP contribution in [0.1, 0.15) is 37.1 Å². The monoisotopic (exact) mass is 424 g/mol. The van der Waals surface area contributed by atoms with Crippen LogP contribution in [0, 0.1) is 6.92 Å². The third-order valence-electron chi connectivity index (χ3n) is 5.57.